The molecule has 5 nitrogen and oxygen atoms in total. The molecule has 3 N–H and O–H groups in total. The molecule has 0 aliphatic carbocycles. The van der Waals surface area contributed by atoms with Gasteiger partial charge in [-0.25, -0.2) is 9.80 Å². The maximum Gasteiger partial charge on any atom is 0.336 e. The van der Waals surface area contributed by atoms with E-state index in [2.05, 4.69) is 16.9 Å². The van der Waals surface area contributed by atoms with E-state index in [1.807, 2.05) is 42.5 Å². The zero-order chi connectivity index (χ0) is 15.9. The van der Waals surface area contributed by atoms with Crippen molar-refractivity contribution in [2.45, 2.75) is 12.6 Å². The molecule has 0 radical (unpaired) electrons. The minimum atomic E-state index is -1.24. The van der Waals surface area contributed by atoms with Crippen LogP contribution in [0.1, 0.15) is 5.56 Å². The van der Waals surface area contributed by atoms with Gasteiger partial charge >= 0.3 is 5.97 Å². The maximum absolute atomic E-state index is 11.1. The van der Waals surface area contributed by atoms with Gasteiger partial charge in [-0.15, -0.1) is 0 Å². The summed E-state index contributed by atoms with van der Waals surface area (Å²) in [4.78, 5) is 11.1. The van der Waals surface area contributed by atoms with Crippen LogP contribution in [0, 0.1) is 0 Å². The van der Waals surface area contributed by atoms with Crippen LogP contribution in [-0.2, 0) is 16.1 Å². The molecule has 1 atom stereocenters. The van der Waals surface area contributed by atoms with E-state index >= 15 is 0 Å². The molecule has 2 aromatic carbocycles. The summed E-state index contributed by atoms with van der Waals surface area (Å²) in [5.74, 6) is 5.13. The van der Waals surface area contributed by atoms with Crippen molar-refractivity contribution in [3.8, 4) is 11.1 Å². The minimum absolute atomic E-state index is 0.0209. The van der Waals surface area contributed by atoms with Gasteiger partial charge in [0.25, 0.3) is 0 Å². The Morgan fingerprint density at radius 2 is 1.73 bits per heavy atom. The average Bonchev–Trinajstić information content (AvgIpc) is 2.55. The molecule has 22 heavy (non-hydrogen) atoms. The topological polar surface area (TPSA) is 75.8 Å². The van der Waals surface area contributed by atoms with E-state index in [4.69, 9.17) is 5.84 Å². The van der Waals surface area contributed by atoms with Crippen molar-refractivity contribution >= 4 is 5.97 Å². The van der Waals surface area contributed by atoms with Gasteiger partial charge < -0.3 is 9.84 Å². The van der Waals surface area contributed by atoms with Crippen molar-refractivity contribution in [1.29, 1.82) is 0 Å². The van der Waals surface area contributed by atoms with E-state index in [1.165, 1.54) is 12.1 Å². The Morgan fingerprint density at radius 3 is 2.32 bits per heavy atom. The van der Waals surface area contributed by atoms with Crippen LogP contribution in [0.3, 0.4) is 0 Å². The normalized spacial score (nSPS) is 12.2. The predicted octanol–water partition coefficient (Wildman–Crippen LogP) is 1.56. The van der Waals surface area contributed by atoms with E-state index in [0.717, 1.165) is 16.7 Å². The van der Waals surface area contributed by atoms with E-state index in [1.54, 1.807) is 0 Å². The molecular weight excluding hydrogens is 280 g/mol. The molecule has 0 aliphatic rings. The first kappa shape index (κ1) is 16.2. The van der Waals surface area contributed by atoms with Crippen molar-refractivity contribution in [2.24, 2.45) is 5.84 Å². The first-order chi connectivity index (χ1) is 10.6. The van der Waals surface area contributed by atoms with Crippen LogP contribution in [0.15, 0.2) is 54.6 Å². The molecule has 0 aliphatic heterocycles. The highest BCUT2D eigenvalue weighted by Gasteiger charge is 2.17. The summed E-state index contributed by atoms with van der Waals surface area (Å²) in [6.45, 7) is 0.455. The number of rotatable bonds is 6. The summed E-state index contributed by atoms with van der Waals surface area (Å²) in [5, 5.41) is 11.0. The van der Waals surface area contributed by atoms with Crippen LogP contribution in [0.2, 0.25) is 0 Å². The Bertz CT molecular complexity index is 599. The molecule has 0 spiro atoms. The smallest absolute Gasteiger partial charge is 0.336 e. The second kappa shape index (κ2) is 7.70. The van der Waals surface area contributed by atoms with Crippen molar-refractivity contribution in [3.63, 3.8) is 0 Å². The van der Waals surface area contributed by atoms with Gasteiger partial charge in [0.15, 0.2) is 6.10 Å². The number of esters is 1. The van der Waals surface area contributed by atoms with Gasteiger partial charge in [-0.1, -0.05) is 54.6 Å². The van der Waals surface area contributed by atoms with Gasteiger partial charge in [0.2, 0.25) is 0 Å². The lowest BCUT2D eigenvalue weighted by Gasteiger charge is -2.19. The van der Waals surface area contributed by atoms with Crippen molar-refractivity contribution in [2.75, 3.05) is 13.7 Å². The molecule has 5 heteroatoms. The van der Waals surface area contributed by atoms with Gasteiger partial charge in [0.05, 0.1) is 13.7 Å². The monoisotopic (exact) mass is 300 g/mol. The first-order valence-corrected chi connectivity index (χ1v) is 7.00. The number of ether oxygens (including phenoxy) is 1. The third-order valence-corrected chi connectivity index (χ3v) is 3.33. The Labute approximate surface area is 129 Å². The van der Waals surface area contributed by atoms with Crippen LogP contribution in [0.25, 0.3) is 11.1 Å². The summed E-state index contributed by atoms with van der Waals surface area (Å²) in [7, 11) is 1.23. The fourth-order valence-corrected chi connectivity index (χ4v) is 2.16. The zero-order valence-corrected chi connectivity index (χ0v) is 12.5. The average molecular weight is 300 g/mol. The second-order valence-electron chi connectivity index (χ2n) is 5.03. The van der Waals surface area contributed by atoms with Crippen LogP contribution < -0.4 is 5.84 Å². The molecule has 0 bridgehead atoms. The number of hydrogen-bond donors (Lipinski definition) is 2. The van der Waals surface area contributed by atoms with Crippen molar-refractivity contribution < 1.29 is 14.6 Å². The zero-order valence-electron chi connectivity index (χ0n) is 12.5. The number of hydrogen-bond acceptors (Lipinski definition) is 5. The predicted molar refractivity (Wildman–Crippen MR) is 84.5 cm³/mol. The number of benzene rings is 2. The highest BCUT2D eigenvalue weighted by atomic mass is 16.5. The second-order valence-corrected chi connectivity index (χ2v) is 5.03. The standard InChI is InChI=1S/C17H20N2O3/c1-22-17(21)16(20)12-19(18)11-13-7-9-15(10-8-13)14-5-3-2-4-6-14/h2-10,16,20H,11-12,18H2,1H3. The lowest BCUT2D eigenvalue weighted by atomic mass is 10.0. The molecule has 2 rings (SSSR count). The van der Waals surface area contributed by atoms with Crippen LogP contribution >= 0.6 is 0 Å². The molecule has 1 unspecified atom stereocenters. The van der Waals surface area contributed by atoms with E-state index in [9.17, 15) is 9.90 Å². The van der Waals surface area contributed by atoms with Crippen LogP contribution in [0.5, 0.6) is 0 Å². The van der Waals surface area contributed by atoms with Gasteiger partial charge in [0.1, 0.15) is 0 Å². The Kier molecular flexibility index (Phi) is 5.66. The largest absolute Gasteiger partial charge is 0.467 e. The van der Waals surface area contributed by atoms with Gasteiger partial charge in [-0.05, 0) is 16.7 Å². The number of carbonyl (C=O) groups is 1. The summed E-state index contributed by atoms with van der Waals surface area (Å²) in [6, 6.07) is 18.1. The molecule has 116 valence electrons. The molecule has 0 saturated carbocycles. The SMILES string of the molecule is COC(=O)C(O)CN(N)Cc1ccc(-c2ccccc2)cc1. The number of carbonyl (C=O) groups excluding carboxylic acids is 1. The summed E-state index contributed by atoms with van der Waals surface area (Å²) >= 11 is 0. The molecule has 0 fully saturated rings. The van der Waals surface area contributed by atoms with Crippen molar-refractivity contribution in [1.82, 2.24) is 5.01 Å². The third-order valence-electron chi connectivity index (χ3n) is 3.33. The number of aliphatic hydroxyl groups is 1. The Balaban J connectivity index is 1.95. The highest BCUT2D eigenvalue weighted by molar-refractivity contribution is 5.74. The van der Waals surface area contributed by atoms with E-state index in [-0.39, 0.29) is 6.54 Å². The Hall–Kier alpha value is -2.21. The van der Waals surface area contributed by atoms with Crippen LogP contribution in [0.4, 0.5) is 0 Å². The minimum Gasteiger partial charge on any atom is -0.467 e. The van der Waals surface area contributed by atoms with Gasteiger partial charge in [0, 0.05) is 6.54 Å². The number of aliphatic hydroxyl groups excluding tert-OH is 1. The fraction of sp³-hybridized carbons (Fsp3) is 0.235. The number of nitrogens with two attached hydrogens (primary N) is 1. The molecule has 2 aromatic rings. The molecule has 0 saturated heterocycles. The molecule has 0 amide bonds. The third kappa shape index (κ3) is 4.39. The lowest BCUT2D eigenvalue weighted by molar-refractivity contribution is -0.151. The summed E-state index contributed by atoms with van der Waals surface area (Å²) in [6.07, 6.45) is -1.24. The molecule has 0 heterocycles. The van der Waals surface area contributed by atoms with Crippen LogP contribution in [-0.4, -0.2) is 35.8 Å². The van der Waals surface area contributed by atoms with E-state index in [0.29, 0.717) is 6.54 Å². The first-order valence-electron chi connectivity index (χ1n) is 7.00. The van der Waals surface area contributed by atoms with Gasteiger partial charge in [-0.2, -0.15) is 0 Å². The number of nitrogens with zero attached hydrogens (tertiary/aromatic N) is 1. The van der Waals surface area contributed by atoms with Gasteiger partial charge in [-0.3, -0.25) is 5.84 Å². The maximum atomic E-state index is 11.1. The highest BCUT2D eigenvalue weighted by Crippen LogP contribution is 2.19. The summed E-state index contributed by atoms with van der Waals surface area (Å²) < 4.78 is 4.46. The number of methoxy groups -OCH3 is 1. The fourth-order valence-electron chi connectivity index (χ4n) is 2.16. The van der Waals surface area contributed by atoms with E-state index < -0.39 is 12.1 Å². The molecular formula is C17H20N2O3. The quantitative estimate of drug-likeness (QED) is 0.481. The number of hydrazine groups is 1. The summed E-state index contributed by atoms with van der Waals surface area (Å²) in [5.41, 5.74) is 3.28. The Morgan fingerprint density at radius 1 is 1.14 bits per heavy atom. The van der Waals surface area contributed by atoms with Crippen molar-refractivity contribution in [3.05, 3.63) is 60.2 Å². The lowest BCUT2D eigenvalue weighted by Crippen LogP contribution is -2.41. The molecule has 0 aromatic heterocycles.